The molecule has 1 fully saturated rings. The lowest BCUT2D eigenvalue weighted by atomic mass is 9.53. The molecule has 2 nitrogen and oxygen atoms in total. The summed E-state index contributed by atoms with van der Waals surface area (Å²) >= 11 is 0. The molecule has 2 aliphatic rings. The van der Waals surface area contributed by atoms with E-state index in [0.717, 1.165) is 6.42 Å². The second-order valence-electron chi connectivity index (χ2n) is 8.16. The molecule has 1 saturated carbocycles. The number of hydrogen-bond donors (Lipinski definition) is 0. The maximum Gasteiger partial charge on any atom is 0.313 e. The molecule has 6 atom stereocenters. The first-order valence-electron chi connectivity index (χ1n) is 9.87. The zero-order valence-electron chi connectivity index (χ0n) is 16.3. The van der Waals surface area contributed by atoms with E-state index in [1.54, 1.807) is 0 Å². The van der Waals surface area contributed by atoms with Crippen LogP contribution in [0, 0.1) is 29.1 Å². The highest BCUT2D eigenvalue weighted by Gasteiger charge is 2.60. The van der Waals surface area contributed by atoms with Crippen molar-refractivity contribution in [1.82, 2.24) is 0 Å². The van der Waals surface area contributed by atoms with E-state index in [0.29, 0.717) is 30.3 Å². The lowest BCUT2D eigenvalue weighted by molar-refractivity contribution is -0.164. The highest BCUT2D eigenvalue weighted by Crippen LogP contribution is 2.62. The molecule has 0 aliphatic heterocycles. The van der Waals surface area contributed by atoms with Gasteiger partial charge in [-0.3, -0.25) is 4.79 Å². The van der Waals surface area contributed by atoms with Crippen molar-refractivity contribution in [2.75, 3.05) is 6.61 Å². The minimum absolute atomic E-state index is 0.00560. The highest BCUT2D eigenvalue weighted by molar-refractivity contribution is 5.80. The average Bonchev–Trinajstić information content (AvgIpc) is 2.91. The van der Waals surface area contributed by atoms with Crippen LogP contribution in [0.2, 0.25) is 0 Å². The monoisotopic (exact) mass is 340 g/mol. The van der Waals surface area contributed by atoms with Crippen LogP contribution in [0.4, 0.5) is 0 Å². The van der Waals surface area contributed by atoms with E-state index in [1.165, 1.54) is 17.6 Å². The van der Waals surface area contributed by atoms with Gasteiger partial charge in [-0.2, -0.15) is 0 Å². The summed E-state index contributed by atoms with van der Waals surface area (Å²) in [5, 5.41) is 0. The number of carbonyl (C=O) groups is 1. The first-order valence-corrected chi connectivity index (χ1v) is 9.87. The Hall–Kier alpha value is -1.57. The molecule has 2 aliphatic carbocycles. The Morgan fingerprint density at radius 2 is 1.84 bits per heavy atom. The lowest BCUT2D eigenvalue weighted by Gasteiger charge is -2.49. The fourth-order valence-corrected chi connectivity index (χ4v) is 6.06. The van der Waals surface area contributed by atoms with Crippen molar-refractivity contribution >= 4 is 5.97 Å². The normalized spacial score (nSPS) is 37.3. The Bertz CT molecular complexity index is 647. The average molecular weight is 341 g/mol. The van der Waals surface area contributed by atoms with Crippen LogP contribution in [-0.2, 0) is 9.53 Å². The molecule has 1 aromatic carbocycles. The van der Waals surface area contributed by atoms with Gasteiger partial charge < -0.3 is 4.74 Å². The van der Waals surface area contributed by atoms with Gasteiger partial charge in [0.2, 0.25) is 0 Å². The van der Waals surface area contributed by atoms with Crippen LogP contribution in [-0.4, -0.2) is 12.6 Å². The van der Waals surface area contributed by atoms with E-state index in [2.05, 4.69) is 58.0 Å². The van der Waals surface area contributed by atoms with Crippen LogP contribution in [0.25, 0.3) is 0 Å². The molecule has 0 spiro atoms. The first-order chi connectivity index (χ1) is 12.0. The molecule has 3 rings (SSSR count). The third-order valence-electron chi connectivity index (χ3n) is 6.86. The van der Waals surface area contributed by atoms with Crippen LogP contribution in [0.1, 0.15) is 58.9 Å². The molecule has 25 heavy (non-hydrogen) atoms. The van der Waals surface area contributed by atoms with Gasteiger partial charge in [-0.15, -0.1) is 0 Å². The summed E-state index contributed by atoms with van der Waals surface area (Å²) in [5.41, 5.74) is 2.25. The molecule has 0 unspecified atom stereocenters. The molecule has 0 radical (unpaired) electrons. The van der Waals surface area contributed by atoms with Crippen LogP contribution in [0.3, 0.4) is 0 Å². The molecule has 136 valence electrons. The standard InChI is InChI=1S/C23H32O2/c1-6-23(22(24)25-7-2)19(18-11-9-8-10-12-18)14-16(4)20-15(3)13-17(5)21(20)23/h8-12,14-15,17,19-21H,6-7,13H2,1-5H3/t15-,17-,19+,20+,21-,23+/m1/s1. The Morgan fingerprint density at radius 3 is 2.44 bits per heavy atom. The molecule has 0 bridgehead atoms. The predicted molar refractivity (Wildman–Crippen MR) is 102 cm³/mol. The van der Waals surface area contributed by atoms with Crippen LogP contribution >= 0.6 is 0 Å². The Balaban J connectivity index is 2.21. The summed E-state index contributed by atoms with van der Waals surface area (Å²) in [6.07, 6.45) is 4.40. The maximum absolute atomic E-state index is 13.4. The molecule has 0 aromatic heterocycles. The van der Waals surface area contributed by atoms with Crippen molar-refractivity contribution in [2.24, 2.45) is 29.1 Å². The van der Waals surface area contributed by atoms with Gasteiger partial charge in [0.25, 0.3) is 0 Å². The van der Waals surface area contributed by atoms with E-state index < -0.39 is 5.41 Å². The number of benzene rings is 1. The molecule has 0 amide bonds. The van der Waals surface area contributed by atoms with Crippen LogP contribution < -0.4 is 0 Å². The topological polar surface area (TPSA) is 26.3 Å². The van der Waals surface area contributed by atoms with Gasteiger partial charge in [-0.25, -0.2) is 0 Å². The molecule has 0 N–H and O–H groups in total. The summed E-state index contributed by atoms with van der Waals surface area (Å²) in [5.74, 6) is 2.14. The second-order valence-corrected chi connectivity index (χ2v) is 8.16. The van der Waals surface area contributed by atoms with Gasteiger partial charge in [0.15, 0.2) is 0 Å². The van der Waals surface area contributed by atoms with Crippen LogP contribution in [0.5, 0.6) is 0 Å². The van der Waals surface area contributed by atoms with E-state index in [9.17, 15) is 4.79 Å². The Morgan fingerprint density at radius 1 is 1.16 bits per heavy atom. The number of esters is 1. The molecular formula is C23H32O2. The number of fused-ring (bicyclic) bond motifs is 1. The first kappa shape index (κ1) is 18.2. The second kappa shape index (κ2) is 6.97. The van der Waals surface area contributed by atoms with Gasteiger partial charge in [0, 0.05) is 5.92 Å². The number of carbonyl (C=O) groups excluding carboxylic acids is 1. The summed E-state index contributed by atoms with van der Waals surface area (Å²) in [7, 11) is 0. The van der Waals surface area contributed by atoms with Crippen molar-refractivity contribution < 1.29 is 9.53 Å². The molecule has 0 heterocycles. The zero-order valence-corrected chi connectivity index (χ0v) is 16.3. The third kappa shape index (κ3) is 2.74. The van der Waals surface area contributed by atoms with E-state index in [1.807, 2.05) is 13.0 Å². The summed E-state index contributed by atoms with van der Waals surface area (Å²) in [4.78, 5) is 13.4. The number of ether oxygens (including phenoxy) is 1. The SMILES string of the molecule is CCOC(=O)[C@]1(CC)[C@H]2[C@H](C(C)=C[C@H]1c1ccccc1)[C@H](C)C[C@H]2C. The number of allylic oxidation sites excluding steroid dienone is 2. The third-order valence-corrected chi connectivity index (χ3v) is 6.86. The van der Waals surface area contributed by atoms with Crippen molar-refractivity contribution in [3.8, 4) is 0 Å². The van der Waals surface area contributed by atoms with Crippen molar-refractivity contribution in [3.05, 3.63) is 47.5 Å². The minimum Gasteiger partial charge on any atom is -0.466 e. The van der Waals surface area contributed by atoms with E-state index >= 15 is 0 Å². The molecule has 0 saturated heterocycles. The summed E-state index contributed by atoms with van der Waals surface area (Å²) in [6.45, 7) is 11.5. The van der Waals surface area contributed by atoms with Crippen molar-refractivity contribution in [1.29, 1.82) is 0 Å². The van der Waals surface area contributed by atoms with Gasteiger partial charge >= 0.3 is 5.97 Å². The van der Waals surface area contributed by atoms with Crippen molar-refractivity contribution in [2.45, 2.75) is 53.4 Å². The van der Waals surface area contributed by atoms with Gasteiger partial charge in [-0.05, 0) is 55.9 Å². The lowest BCUT2D eigenvalue weighted by Crippen LogP contribution is -2.50. The fraction of sp³-hybridized carbons (Fsp3) is 0.609. The maximum atomic E-state index is 13.4. The van der Waals surface area contributed by atoms with Gasteiger partial charge in [0.05, 0.1) is 12.0 Å². The largest absolute Gasteiger partial charge is 0.466 e. The van der Waals surface area contributed by atoms with Crippen LogP contribution in [0.15, 0.2) is 42.0 Å². The number of rotatable bonds is 4. The van der Waals surface area contributed by atoms with E-state index in [-0.39, 0.29) is 11.9 Å². The summed E-state index contributed by atoms with van der Waals surface area (Å²) < 4.78 is 5.69. The highest BCUT2D eigenvalue weighted by atomic mass is 16.5. The van der Waals surface area contributed by atoms with Gasteiger partial charge in [-0.1, -0.05) is 62.8 Å². The molecular weight excluding hydrogens is 308 g/mol. The Kier molecular flexibility index (Phi) is 5.09. The Labute approximate surface area is 152 Å². The van der Waals surface area contributed by atoms with Gasteiger partial charge in [0.1, 0.15) is 0 Å². The van der Waals surface area contributed by atoms with E-state index in [4.69, 9.17) is 4.74 Å². The smallest absolute Gasteiger partial charge is 0.313 e. The fourth-order valence-electron chi connectivity index (χ4n) is 6.06. The van der Waals surface area contributed by atoms with Crippen molar-refractivity contribution in [3.63, 3.8) is 0 Å². The molecule has 1 aromatic rings. The molecule has 2 heteroatoms. The predicted octanol–water partition coefficient (Wildman–Crippen LogP) is 5.60. The number of hydrogen-bond acceptors (Lipinski definition) is 2. The summed E-state index contributed by atoms with van der Waals surface area (Å²) in [6, 6.07) is 10.5. The zero-order chi connectivity index (χ0) is 18.2. The minimum atomic E-state index is -0.453. The quantitative estimate of drug-likeness (QED) is 0.527.